The third-order valence-electron chi connectivity index (χ3n) is 5.51. The highest BCUT2D eigenvalue weighted by Crippen LogP contribution is 2.32. The van der Waals surface area contributed by atoms with Crippen LogP contribution >= 0.6 is 0 Å². The number of rotatable bonds is 13. The number of hydrogen-bond acceptors (Lipinski definition) is 3. The van der Waals surface area contributed by atoms with Crippen LogP contribution in [0.2, 0.25) is 0 Å². The number of allylic oxidation sites excluding steroid dienone is 2. The molecule has 0 fully saturated rings. The van der Waals surface area contributed by atoms with Gasteiger partial charge in [-0.05, 0) is 85.9 Å². The molecule has 0 aliphatic heterocycles. The molecule has 0 bridgehead atoms. The molecule has 160 valence electrons. The van der Waals surface area contributed by atoms with E-state index in [1.165, 1.54) is 22.3 Å². The Kier molecular flexibility index (Phi) is 8.98. The number of aliphatic carboxylic acids is 1. The average Bonchev–Trinajstić information content (AvgIpc) is 2.76. The molecule has 30 heavy (non-hydrogen) atoms. The number of aryl methyl sites for hydroxylation is 2. The smallest absolute Gasteiger partial charge is 0.304 e. The van der Waals surface area contributed by atoms with Gasteiger partial charge in [-0.3, -0.25) is 4.79 Å². The number of unbranched alkanes of at least 4 members (excludes halogenated alkanes) is 1. The number of carboxylic acids is 1. The zero-order valence-corrected chi connectivity index (χ0v) is 17.7. The second-order valence-electron chi connectivity index (χ2n) is 7.88. The minimum atomic E-state index is -0.749. The molecule has 0 spiro atoms. The predicted octanol–water partition coefficient (Wildman–Crippen LogP) is 5.26. The normalized spacial score (nSPS) is 12.9. The average molecular weight is 408 g/mol. The molecular formula is C26H33NO3. The van der Waals surface area contributed by atoms with Gasteiger partial charge in [0.2, 0.25) is 0 Å². The van der Waals surface area contributed by atoms with Gasteiger partial charge in [-0.2, -0.15) is 0 Å². The third-order valence-corrected chi connectivity index (χ3v) is 5.51. The lowest BCUT2D eigenvalue weighted by atomic mass is 9.88. The van der Waals surface area contributed by atoms with Crippen LogP contribution in [0.5, 0.6) is 5.75 Å². The molecule has 2 aromatic carbocycles. The summed E-state index contributed by atoms with van der Waals surface area (Å²) in [7, 11) is 0. The molecule has 0 saturated heterocycles. The molecule has 3 rings (SSSR count). The van der Waals surface area contributed by atoms with Crippen molar-refractivity contribution in [2.75, 3.05) is 19.7 Å². The van der Waals surface area contributed by atoms with Crippen LogP contribution in [0.1, 0.15) is 55.2 Å². The first-order chi connectivity index (χ1) is 14.7. The fourth-order valence-electron chi connectivity index (χ4n) is 3.92. The van der Waals surface area contributed by atoms with E-state index in [0.29, 0.717) is 6.54 Å². The van der Waals surface area contributed by atoms with Crippen molar-refractivity contribution in [2.24, 2.45) is 0 Å². The summed E-state index contributed by atoms with van der Waals surface area (Å²) in [6, 6.07) is 17.1. The maximum Gasteiger partial charge on any atom is 0.304 e. The SMILES string of the molecule is O=C(O)CCNCCCC1=CCCc2cc(OCCCCc3ccccc3)ccc21. The Hall–Kier alpha value is -2.59. The monoisotopic (exact) mass is 407 g/mol. The van der Waals surface area contributed by atoms with Gasteiger partial charge in [0, 0.05) is 6.54 Å². The standard InChI is InChI=1S/C26H33NO3/c28-26(29)16-18-27-17-7-13-22-11-6-12-23-20-24(14-15-25(22)23)30-19-5-4-10-21-8-2-1-3-9-21/h1-3,8-9,11,14-15,20,27H,4-7,10,12-13,16-19H2,(H,28,29). The lowest BCUT2D eigenvalue weighted by Crippen LogP contribution is -2.19. The van der Waals surface area contributed by atoms with Crippen molar-refractivity contribution < 1.29 is 14.6 Å². The van der Waals surface area contributed by atoms with Crippen LogP contribution in [-0.2, 0) is 17.6 Å². The lowest BCUT2D eigenvalue weighted by Gasteiger charge is -2.19. The number of fused-ring (bicyclic) bond motifs is 1. The molecule has 0 atom stereocenters. The van der Waals surface area contributed by atoms with Gasteiger partial charge < -0.3 is 15.2 Å². The molecule has 4 nitrogen and oxygen atoms in total. The van der Waals surface area contributed by atoms with Gasteiger partial charge in [0.1, 0.15) is 5.75 Å². The van der Waals surface area contributed by atoms with E-state index >= 15 is 0 Å². The topological polar surface area (TPSA) is 58.6 Å². The van der Waals surface area contributed by atoms with Gasteiger partial charge in [0.05, 0.1) is 13.0 Å². The number of nitrogens with one attached hydrogen (secondary N) is 1. The van der Waals surface area contributed by atoms with Crippen LogP contribution in [0.4, 0.5) is 0 Å². The maximum absolute atomic E-state index is 10.5. The molecule has 2 N–H and O–H groups in total. The molecule has 4 heteroatoms. The summed E-state index contributed by atoms with van der Waals surface area (Å²) in [6.07, 6.45) is 10.0. The van der Waals surface area contributed by atoms with Crippen LogP contribution in [0.25, 0.3) is 5.57 Å². The van der Waals surface area contributed by atoms with Crippen LogP contribution in [0.15, 0.2) is 54.6 Å². The number of ether oxygens (including phenoxy) is 1. The molecule has 0 amide bonds. The Morgan fingerprint density at radius 1 is 1.00 bits per heavy atom. The van der Waals surface area contributed by atoms with Crippen LogP contribution < -0.4 is 10.1 Å². The summed E-state index contributed by atoms with van der Waals surface area (Å²) in [5.41, 5.74) is 5.53. The van der Waals surface area contributed by atoms with Crippen LogP contribution in [0, 0.1) is 0 Å². The summed E-state index contributed by atoms with van der Waals surface area (Å²) in [5.74, 6) is 0.227. The Labute approximate surface area is 180 Å². The summed E-state index contributed by atoms with van der Waals surface area (Å²) in [6.45, 7) is 2.15. The Morgan fingerprint density at radius 3 is 2.70 bits per heavy atom. The highest BCUT2D eigenvalue weighted by atomic mass is 16.5. The first-order valence-electron chi connectivity index (χ1n) is 11.1. The van der Waals surface area contributed by atoms with E-state index in [9.17, 15) is 4.79 Å². The minimum absolute atomic E-state index is 0.181. The second-order valence-corrected chi connectivity index (χ2v) is 7.88. The van der Waals surface area contributed by atoms with E-state index in [1.807, 2.05) is 0 Å². The molecule has 1 aliphatic carbocycles. The molecule has 1 aliphatic rings. The molecular weight excluding hydrogens is 374 g/mol. The van der Waals surface area contributed by atoms with Crippen molar-refractivity contribution in [3.63, 3.8) is 0 Å². The molecule has 0 aromatic heterocycles. The van der Waals surface area contributed by atoms with Gasteiger partial charge in [0.25, 0.3) is 0 Å². The third kappa shape index (κ3) is 7.34. The Balaban J connectivity index is 1.39. The number of carboxylic acid groups (broad SMARTS) is 1. The number of carbonyl (C=O) groups is 1. The summed E-state index contributed by atoms with van der Waals surface area (Å²) in [4.78, 5) is 10.5. The number of hydrogen-bond donors (Lipinski definition) is 2. The van der Waals surface area contributed by atoms with Crippen molar-refractivity contribution >= 4 is 11.5 Å². The highest BCUT2D eigenvalue weighted by Gasteiger charge is 2.13. The van der Waals surface area contributed by atoms with Gasteiger partial charge in [-0.25, -0.2) is 0 Å². The lowest BCUT2D eigenvalue weighted by molar-refractivity contribution is -0.136. The first kappa shape index (κ1) is 22.1. The summed E-state index contributed by atoms with van der Waals surface area (Å²) < 4.78 is 6.01. The maximum atomic E-state index is 10.5. The van der Waals surface area contributed by atoms with E-state index in [4.69, 9.17) is 9.84 Å². The number of benzene rings is 2. The van der Waals surface area contributed by atoms with E-state index in [-0.39, 0.29) is 6.42 Å². The fraction of sp³-hybridized carbons (Fsp3) is 0.423. The zero-order chi connectivity index (χ0) is 21.0. The fourth-order valence-corrected chi connectivity index (χ4v) is 3.92. The van der Waals surface area contributed by atoms with E-state index in [2.05, 4.69) is 59.9 Å². The Morgan fingerprint density at radius 2 is 1.87 bits per heavy atom. The van der Waals surface area contributed by atoms with Gasteiger partial charge >= 0.3 is 5.97 Å². The molecule has 0 radical (unpaired) electrons. The van der Waals surface area contributed by atoms with Gasteiger partial charge in [0.15, 0.2) is 0 Å². The minimum Gasteiger partial charge on any atom is -0.494 e. The van der Waals surface area contributed by atoms with E-state index in [1.54, 1.807) is 0 Å². The molecule has 0 saturated carbocycles. The predicted molar refractivity (Wildman–Crippen MR) is 122 cm³/mol. The van der Waals surface area contributed by atoms with Crippen LogP contribution in [0.3, 0.4) is 0 Å². The highest BCUT2D eigenvalue weighted by molar-refractivity contribution is 5.71. The zero-order valence-electron chi connectivity index (χ0n) is 17.7. The van der Waals surface area contributed by atoms with Crippen molar-refractivity contribution in [1.29, 1.82) is 0 Å². The van der Waals surface area contributed by atoms with Crippen LogP contribution in [-0.4, -0.2) is 30.8 Å². The molecule has 0 heterocycles. The van der Waals surface area contributed by atoms with E-state index in [0.717, 1.165) is 63.8 Å². The van der Waals surface area contributed by atoms with Crippen molar-refractivity contribution in [1.82, 2.24) is 5.32 Å². The summed E-state index contributed by atoms with van der Waals surface area (Å²) in [5, 5.41) is 11.9. The van der Waals surface area contributed by atoms with Crippen molar-refractivity contribution in [3.8, 4) is 5.75 Å². The summed E-state index contributed by atoms with van der Waals surface area (Å²) >= 11 is 0. The van der Waals surface area contributed by atoms with Crippen molar-refractivity contribution in [3.05, 3.63) is 71.3 Å². The van der Waals surface area contributed by atoms with Crippen molar-refractivity contribution in [2.45, 2.75) is 51.4 Å². The molecule has 0 unspecified atom stereocenters. The Bertz CT molecular complexity index is 829. The van der Waals surface area contributed by atoms with Gasteiger partial charge in [-0.1, -0.05) is 42.5 Å². The first-order valence-corrected chi connectivity index (χ1v) is 11.1. The molecule has 2 aromatic rings. The largest absolute Gasteiger partial charge is 0.494 e. The quantitative estimate of drug-likeness (QED) is 0.445. The van der Waals surface area contributed by atoms with Gasteiger partial charge in [-0.15, -0.1) is 0 Å². The van der Waals surface area contributed by atoms with E-state index < -0.39 is 5.97 Å². The second kappa shape index (κ2) is 12.2.